The number of ether oxygens (including phenoxy) is 1. The molecule has 5 nitrogen and oxygen atoms in total. The lowest BCUT2D eigenvalue weighted by molar-refractivity contribution is -0.0444. The number of nitriles is 1. The average molecular weight is 384 g/mol. The van der Waals surface area contributed by atoms with Crippen molar-refractivity contribution in [3.8, 4) is 11.2 Å². The number of thiol groups is 1. The number of benzene rings is 1. The quantitative estimate of drug-likeness (QED) is 0.480. The number of fused-ring (bicyclic) bond motifs is 4. The van der Waals surface area contributed by atoms with Crippen LogP contribution in [0.25, 0.3) is 10.9 Å². The summed E-state index contributed by atoms with van der Waals surface area (Å²) in [6, 6.07) is 7.96. The molecule has 1 aromatic carbocycles. The Bertz CT molecular complexity index is 851. The molecule has 4 heterocycles. The van der Waals surface area contributed by atoms with Gasteiger partial charge in [0.2, 0.25) is 0 Å². The third kappa shape index (κ3) is 3.96. The smallest absolute Gasteiger partial charge is 0.130 e. The molecule has 0 amide bonds. The van der Waals surface area contributed by atoms with Crippen molar-refractivity contribution in [2.24, 2.45) is 11.8 Å². The molecular formula is C21H25N3O2S. The van der Waals surface area contributed by atoms with E-state index in [-0.39, 0.29) is 6.04 Å². The molecule has 0 radical (unpaired) electrons. The van der Waals surface area contributed by atoms with Crippen LogP contribution >= 0.6 is 12.6 Å². The fraction of sp³-hybridized carbons (Fsp3) is 0.429. The standard InChI is InChI=1S/C20H24N2O2.CHNS/c1-3-13-12-22-9-7-14(13)10-19(22)20(23)16-6-8-21-18-5-4-15(24-2)11-17(16)18;2-1-3/h3-6,8,11,13-14,19-20,23H,1,7,9-10,12H2,2H3;3H/t13-,14?,19+,20+;/m1./s1. The molecule has 27 heavy (non-hydrogen) atoms. The number of pyridine rings is 1. The number of hydrogen-bond acceptors (Lipinski definition) is 6. The summed E-state index contributed by atoms with van der Waals surface area (Å²) < 4.78 is 5.35. The van der Waals surface area contributed by atoms with Crippen molar-refractivity contribution in [1.82, 2.24) is 9.88 Å². The third-order valence-corrected chi connectivity index (χ3v) is 5.82. The second-order valence-electron chi connectivity index (χ2n) is 7.07. The van der Waals surface area contributed by atoms with E-state index in [4.69, 9.17) is 10.00 Å². The van der Waals surface area contributed by atoms with E-state index in [9.17, 15) is 5.11 Å². The summed E-state index contributed by atoms with van der Waals surface area (Å²) in [6.07, 6.45) is 5.62. The third-order valence-electron chi connectivity index (χ3n) is 5.82. The van der Waals surface area contributed by atoms with Gasteiger partial charge in [-0.3, -0.25) is 9.88 Å². The van der Waals surface area contributed by atoms with Crippen molar-refractivity contribution in [3.63, 3.8) is 0 Å². The Hall–Kier alpha value is -2.07. The van der Waals surface area contributed by atoms with E-state index in [2.05, 4.69) is 35.2 Å². The fourth-order valence-electron chi connectivity index (χ4n) is 4.44. The second-order valence-corrected chi connectivity index (χ2v) is 7.27. The highest BCUT2D eigenvalue weighted by atomic mass is 32.1. The van der Waals surface area contributed by atoms with Gasteiger partial charge in [0.05, 0.1) is 18.7 Å². The minimum absolute atomic E-state index is 0.178. The highest BCUT2D eigenvalue weighted by Crippen LogP contribution is 2.42. The first kappa shape index (κ1) is 19.7. The van der Waals surface area contributed by atoms with Gasteiger partial charge in [-0.1, -0.05) is 18.7 Å². The van der Waals surface area contributed by atoms with E-state index in [0.717, 1.165) is 41.7 Å². The minimum Gasteiger partial charge on any atom is -0.497 e. The van der Waals surface area contributed by atoms with Gasteiger partial charge in [-0.15, -0.1) is 6.58 Å². The summed E-state index contributed by atoms with van der Waals surface area (Å²) in [6.45, 7) is 6.07. The Labute approximate surface area is 165 Å². The summed E-state index contributed by atoms with van der Waals surface area (Å²) >= 11 is 3.09. The lowest BCUT2D eigenvalue weighted by Crippen LogP contribution is -2.54. The number of hydrogen-bond donors (Lipinski definition) is 2. The van der Waals surface area contributed by atoms with E-state index in [1.54, 1.807) is 13.3 Å². The zero-order valence-electron chi connectivity index (χ0n) is 15.5. The number of aliphatic hydroxyl groups is 1. The van der Waals surface area contributed by atoms with Crippen LogP contribution < -0.4 is 4.74 Å². The predicted octanol–water partition coefficient (Wildman–Crippen LogP) is 3.57. The largest absolute Gasteiger partial charge is 0.497 e. The zero-order chi connectivity index (χ0) is 19.4. The van der Waals surface area contributed by atoms with Crippen LogP contribution in [0.5, 0.6) is 5.75 Å². The molecule has 3 saturated heterocycles. The number of thiocyanates is 1. The van der Waals surface area contributed by atoms with Crippen LogP contribution in [0.2, 0.25) is 0 Å². The van der Waals surface area contributed by atoms with E-state index < -0.39 is 6.10 Å². The molecule has 0 saturated carbocycles. The summed E-state index contributed by atoms with van der Waals surface area (Å²) in [7, 11) is 1.66. The van der Waals surface area contributed by atoms with Gasteiger partial charge in [0.25, 0.3) is 0 Å². The molecule has 1 N–H and O–H groups in total. The number of aliphatic hydroxyl groups excluding tert-OH is 1. The molecule has 3 aliphatic rings. The van der Waals surface area contributed by atoms with E-state index in [1.165, 1.54) is 11.8 Å². The molecule has 142 valence electrons. The summed E-state index contributed by atoms with van der Waals surface area (Å²) in [5, 5.41) is 20.8. The lowest BCUT2D eigenvalue weighted by Gasteiger charge is -2.50. The van der Waals surface area contributed by atoms with Crippen molar-refractivity contribution in [2.45, 2.75) is 25.0 Å². The monoisotopic (exact) mass is 383 g/mol. The van der Waals surface area contributed by atoms with Gasteiger partial charge in [0, 0.05) is 24.2 Å². The Balaban J connectivity index is 0.000000659. The SMILES string of the molecule is C=C[C@@H]1CN2CCC1C[C@H]2[C@@H](O)c1ccnc2ccc(OC)cc12.N#CS. The van der Waals surface area contributed by atoms with Crippen molar-refractivity contribution in [3.05, 3.63) is 48.7 Å². The van der Waals surface area contributed by atoms with Gasteiger partial charge in [-0.25, -0.2) is 0 Å². The predicted molar refractivity (Wildman–Crippen MR) is 110 cm³/mol. The van der Waals surface area contributed by atoms with Gasteiger partial charge in [0.1, 0.15) is 11.2 Å². The van der Waals surface area contributed by atoms with Gasteiger partial charge in [-0.05, 0) is 61.1 Å². The van der Waals surface area contributed by atoms with Crippen molar-refractivity contribution >= 4 is 23.5 Å². The topological polar surface area (TPSA) is 69.4 Å². The Morgan fingerprint density at radius 3 is 2.89 bits per heavy atom. The lowest BCUT2D eigenvalue weighted by atomic mass is 9.73. The molecule has 2 aromatic rings. The van der Waals surface area contributed by atoms with Crippen LogP contribution in [0.3, 0.4) is 0 Å². The molecule has 1 aromatic heterocycles. The molecule has 0 spiro atoms. The van der Waals surface area contributed by atoms with Crippen LogP contribution in [0.1, 0.15) is 24.5 Å². The summed E-state index contributed by atoms with van der Waals surface area (Å²) in [5.41, 5.74) is 1.85. The van der Waals surface area contributed by atoms with Crippen LogP contribution in [0.15, 0.2) is 43.1 Å². The van der Waals surface area contributed by atoms with E-state index in [1.807, 2.05) is 24.3 Å². The Morgan fingerprint density at radius 1 is 1.48 bits per heavy atom. The number of nitrogens with zero attached hydrogens (tertiary/aromatic N) is 3. The van der Waals surface area contributed by atoms with Crippen molar-refractivity contribution in [2.75, 3.05) is 20.2 Å². The van der Waals surface area contributed by atoms with Gasteiger partial charge in [-0.2, -0.15) is 5.26 Å². The van der Waals surface area contributed by atoms with Crippen LogP contribution in [-0.4, -0.2) is 41.2 Å². The maximum atomic E-state index is 11.2. The summed E-state index contributed by atoms with van der Waals surface area (Å²) in [4.78, 5) is 6.86. The fourth-order valence-corrected chi connectivity index (χ4v) is 4.44. The van der Waals surface area contributed by atoms with E-state index in [0.29, 0.717) is 11.8 Å². The van der Waals surface area contributed by atoms with Crippen LogP contribution in [-0.2, 0) is 0 Å². The van der Waals surface area contributed by atoms with Crippen LogP contribution in [0, 0.1) is 22.5 Å². The molecule has 2 bridgehead atoms. The average Bonchev–Trinajstić information content (AvgIpc) is 2.73. The number of aromatic nitrogens is 1. The molecule has 3 fully saturated rings. The highest BCUT2D eigenvalue weighted by Gasteiger charge is 2.42. The van der Waals surface area contributed by atoms with Crippen molar-refractivity contribution < 1.29 is 9.84 Å². The van der Waals surface area contributed by atoms with Crippen molar-refractivity contribution in [1.29, 1.82) is 5.26 Å². The highest BCUT2D eigenvalue weighted by molar-refractivity contribution is 7.85. The molecule has 5 rings (SSSR count). The molecule has 2 unspecified atom stereocenters. The molecule has 6 heteroatoms. The maximum Gasteiger partial charge on any atom is 0.130 e. The number of methoxy groups -OCH3 is 1. The van der Waals surface area contributed by atoms with Gasteiger partial charge in [0.15, 0.2) is 0 Å². The van der Waals surface area contributed by atoms with Crippen LogP contribution in [0.4, 0.5) is 0 Å². The molecule has 5 atom stereocenters. The normalized spacial score (nSPS) is 27.2. The Kier molecular flexibility index (Phi) is 6.38. The summed E-state index contributed by atoms with van der Waals surface area (Å²) in [5.74, 6) is 2.01. The first-order valence-electron chi connectivity index (χ1n) is 9.13. The van der Waals surface area contributed by atoms with E-state index >= 15 is 0 Å². The zero-order valence-corrected chi connectivity index (χ0v) is 16.3. The first-order chi connectivity index (χ1) is 13.1. The first-order valence-corrected chi connectivity index (χ1v) is 9.58. The number of rotatable bonds is 4. The minimum atomic E-state index is -0.504. The van der Waals surface area contributed by atoms with Gasteiger partial charge >= 0.3 is 0 Å². The maximum absolute atomic E-state index is 11.2. The molecular weight excluding hydrogens is 358 g/mol. The second kappa shape index (κ2) is 8.75. The molecule has 3 aliphatic heterocycles. The number of piperidine rings is 3. The van der Waals surface area contributed by atoms with Gasteiger partial charge < -0.3 is 9.84 Å². The Morgan fingerprint density at radius 2 is 2.26 bits per heavy atom. The molecule has 0 aliphatic carbocycles.